The number of carbonyl (C=O) groups excluding carboxylic acids is 1. The Balaban J connectivity index is 1.98. The molecule has 1 saturated carbocycles. The number of aromatic nitrogens is 1. The molecule has 1 amide bonds. The summed E-state index contributed by atoms with van der Waals surface area (Å²) in [6.07, 6.45) is 6.28. The van der Waals surface area contributed by atoms with Crippen LogP contribution in [-0.2, 0) is 4.79 Å². The number of aromatic amines is 1. The van der Waals surface area contributed by atoms with Gasteiger partial charge >= 0.3 is 0 Å². The molecular weight excluding hydrogens is 216 g/mol. The maximum absolute atomic E-state index is 12.0. The molecule has 92 valence electrons. The van der Waals surface area contributed by atoms with Gasteiger partial charge in [0.2, 0.25) is 11.5 Å². The van der Waals surface area contributed by atoms with Crippen molar-refractivity contribution in [2.24, 2.45) is 11.8 Å². The minimum atomic E-state index is -0.198. The number of carbonyl (C=O) groups is 1. The summed E-state index contributed by atoms with van der Waals surface area (Å²) in [6.45, 7) is 1.97. The van der Waals surface area contributed by atoms with Crippen LogP contribution < -0.4 is 10.9 Å². The fourth-order valence-corrected chi connectivity index (χ4v) is 2.45. The predicted molar refractivity (Wildman–Crippen MR) is 66.8 cm³/mol. The monoisotopic (exact) mass is 234 g/mol. The molecule has 1 aromatic heterocycles. The molecule has 2 N–H and O–H groups in total. The molecule has 1 aliphatic carbocycles. The summed E-state index contributed by atoms with van der Waals surface area (Å²) in [4.78, 5) is 25.6. The van der Waals surface area contributed by atoms with Crippen molar-refractivity contribution in [1.82, 2.24) is 4.98 Å². The Morgan fingerprint density at radius 2 is 2.18 bits per heavy atom. The molecule has 0 aliphatic heterocycles. The summed E-state index contributed by atoms with van der Waals surface area (Å²) in [6, 6.07) is 3.10. The van der Waals surface area contributed by atoms with Gasteiger partial charge in [0.05, 0.1) is 0 Å². The van der Waals surface area contributed by atoms with E-state index in [0.29, 0.717) is 11.6 Å². The van der Waals surface area contributed by atoms with Gasteiger partial charge in [0.25, 0.3) is 0 Å². The van der Waals surface area contributed by atoms with Crippen LogP contribution in [0.25, 0.3) is 0 Å². The van der Waals surface area contributed by atoms with Crippen LogP contribution in [0.15, 0.2) is 23.1 Å². The number of hydrogen-bond acceptors (Lipinski definition) is 2. The Morgan fingerprint density at radius 3 is 2.82 bits per heavy atom. The molecule has 0 radical (unpaired) electrons. The molecule has 1 unspecified atom stereocenters. The molecule has 0 bridgehead atoms. The Labute approximate surface area is 100 Å². The first kappa shape index (κ1) is 11.9. The highest BCUT2D eigenvalue weighted by molar-refractivity contribution is 5.92. The van der Waals surface area contributed by atoms with Gasteiger partial charge in [0, 0.05) is 23.9 Å². The summed E-state index contributed by atoms with van der Waals surface area (Å²) in [5, 5.41) is 2.80. The van der Waals surface area contributed by atoms with Crippen LogP contribution in [0.4, 0.5) is 5.69 Å². The third-order valence-corrected chi connectivity index (χ3v) is 3.56. The minimum absolute atomic E-state index is 0.0162. The van der Waals surface area contributed by atoms with Crippen molar-refractivity contribution in [3.8, 4) is 0 Å². The summed E-state index contributed by atoms with van der Waals surface area (Å²) in [5.41, 5.74) is 0.375. The Hall–Kier alpha value is -1.58. The number of anilines is 1. The zero-order chi connectivity index (χ0) is 12.3. The smallest absolute Gasteiger partial charge is 0.249 e. The van der Waals surface area contributed by atoms with Gasteiger partial charge in [0.1, 0.15) is 0 Å². The maximum atomic E-state index is 12.0. The average molecular weight is 234 g/mol. The zero-order valence-electron chi connectivity index (χ0n) is 10.0. The topological polar surface area (TPSA) is 62.0 Å². The van der Waals surface area contributed by atoms with Crippen molar-refractivity contribution in [3.63, 3.8) is 0 Å². The molecule has 1 aliphatic rings. The molecule has 1 fully saturated rings. The van der Waals surface area contributed by atoms with Crippen LogP contribution in [0.5, 0.6) is 0 Å². The second-order valence-electron chi connectivity index (χ2n) is 4.76. The van der Waals surface area contributed by atoms with Gasteiger partial charge < -0.3 is 10.3 Å². The summed E-state index contributed by atoms with van der Waals surface area (Å²) >= 11 is 0. The minimum Gasteiger partial charge on any atom is -0.329 e. The molecule has 2 rings (SSSR count). The van der Waals surface area contributed by atoms with E-state index in [1.165, 1.54) is 25.1 Å². The lowest BCUT2D eigenvalue weighted by Gasteiger charge is -2.18. The number of hydrogen-bond donors (Lipinski definition) is 2. The van der Waals surface area contributed by atoms with E-state index in [1.807, 2.05) is 6.92 Å². The van der Waals surface area contributed by atoms with E-state index in [1.54, 1.807) is 6.07 Å². The molecule has 0 aromatic carbocycles. The highest BCUT2D eigenvalue weighted by Gasteiger charge is 2.26. The van der Waals surface area contributed by atoms with E-state index in [4.69, 9.17) is 0 Å². The van der Waals surface area contributed by atoms with Crippen molar-refractivity contribution in [1.29, 1.82) is 0 Å². The van der Waals surface area contributed by atoms with Gasteiger partial charge in [-0.1, -0.05) is 19.8 Å². The number of H-pyrrole nitrogens is 1. The average Bonchev–Trinajstić information content (AvgIpc) is 2.81. The summed E-state index contributed by atoms with van der Waals surface area (Å²) in [5.74, 6) is 0.538. The number of amides is 1. The van der Waals surface area contributed by atoms with Crippen molar-refractivity contribution in [2.45, 2.75) is 32.6 Å². The van der Waals surface area contributed by atoms with E-state index >= 15 is 0 Å². The Bertz CT molecular complexity index is 447. The Kier molecular flexibility index (Phi) is 3.61. The molecular formula is C13H18N2O2. The van der Waals surface area contributed by atoms with E-state index in [0.717, 1.165) is 12.8 Å². The number of nitrogens with one attached hydrogen (secondary N) is 2. The lowest BCUT2D eigenvalue weighted by Crippen LogP contribution is -2.26. The van der Waals surface area contributed by atoms with Crippen molar-refractivity contribution >= 4 is 11.6 Å². The van der Waals surface area contributed by atoms with Gasteiger partial charge in [-0.3, -0.25) is 9.59 Å². The summed E-state index contributed by atoms with van der Waals surface area (Å²) in [7, 11) is 0. The van der Waals surface area contributed by atoms with Gasteiger partial charge in [-0.05, 0) is 24.8 Å². The predicted octanol–water partition coefficient (Wildman–Crippen LogP) is 2.14. The fraction of sp³-hybridized carbons (Fsp3) is 0.538. The molecule has 0 spiro atoms. The quantitative estimate of drug-likeness (QED) is 0.841. The molecule has 0 saturated heterocycles. The molecule has 4 nitrogen and oxygen atoms in total. The van der Waals surface area contributed by atoms with Crippen LogP contribution in [0.3, 0.4) is 0 Å². The standard InChI is InChI=1S/C13H18N2O2/c1-9(10-4-2-3-5-10)13(17)15-11-6-7-14-12(16)8-11/h6-10H,2-5H2,1H3,(H2,14,15,16,17). The van der Waals surface area contributed by atoms with Crippen molar-refractivity contribution in [2.75, 3.05) is 5.32 Å². The van der Waals surface area contributed by atoms with Crippen LogP contribution in [0, 0.1) is 11.8 Å². The molecule has 1 atom stereocenters. The van der Waals surface area contributed by atoms with Crippen molar-refractivity contribution in [3.05, 3.63) is 28.7 Å². The summed E-state index contributed by atoms with van der Waals surface area (Å²) < 4.78 is 0. The molecule has 1 heterocycles. The zero-order valence-corrected chi connectivity index (χ0v) is 10.0. The second-order valence-corrected chi connectivity index (χ2v) is 4.76. The van der Waals surface area contributed by atoms with Gasteiger partial charge in [0.15, 0.2) is 0 Å². The number of rotatable bonds is 3. The maximum Gasteiger partial charge on any atom is 0.249 e. The van der Waals surface area contributed by atoms with Crippen LogP contribution in [0.2, 0.25) is 0 Å². The third-order valence-electron chi connectivity index (χ3n) is 3.56. The molecule has 17 heavy (non-hydrogen) atoms. The van der Waals surface area contributed by atoms with E-state index in [9.17, 15) is 9.59 Å². The van der Waals surface area contributed by atoms with Gasteiger partial charge in [-0.15, -0.1) is 0 Å². The van der Waals surface area contributed by atoms with E-state index in [2.05, 4.69) is 10.3 Å². The lowest BCUT2D eigenvalue weighted by molar-refractivity contribution is -0.120. The van der Waals surface area contributed by atoms with Crippen LogP contribution in [-0.4, -0.2) is 10.9 Å². The van der Waals surface area contributed by atoms with E-state index < -0.39 is 0 Å². The first-order chi connectivity index (χ1) is 8.16. The first-order valence-corrected chi connectivity index (χ1v) is 6.16. The molecule has 1 aromatic rings. The number of pyridine rings is 1. The lowest BCUT2D eigenvalue weighted by atomic mass is 9.92. The van der Waals surface area contributed by atoms with Crippen molar-refractivity contribution < 1.29 is 4.79 Å². The van der Waals surface area contributed by atoms with Crippen LogP contribution in [0.1, 0.15) is 32.6 Å². The second kappa shape index (κ2) is 5.17. The fourth-order valence-electron chi connectivity index (χ4n) is 2.45. The largest absolute Gasteiger partial charge is 0.329 e. The highest BCUT2D eigenvalue weighted by Crippen LogP contribution is 2.31. The van der Waals surface area contributed by atoms with Gasteiger partial charge in [-0.25, -0.2) is 0 Å². The first-order valence-electron chi connectivity index (χ1n) is 6.16. The SMILES string of the molecule is CC(C(=O)Nc1cc[nH]c(=O)c1)C1CCCC1. The van der Waals surface area contributed by atoms with Gasteiger partial charge in [-0.2, -0.15) is 0 Å². The van der Waals surface area contributed by atoms with Crippen LogP contribution >= 0.6 is 0 Å². The third kappa shape index (κ3) is 2.96. The Morgan fingerprint density at radius 1 is 1.47 bits per heavy atom. The van der Waals surface area contributed by atoms with E-state index in [-0.39, 0.29) is 17.4 Å². The highest BCUT2D eigenvalue weighted by atomic mass is 16.2. The normalized spacial score (nSPS) is 17.9. The molecule has 4 heteroatoms.